The lowest BCUT2D eigenvalue weighted by atomic mass is 9.60. The van der Waals surface area contributed by atoms with Gasteiger partial charge in [0.25, 0.3) is 0 Å². The van der Waals surface area contributed by atoms with E-state index in [1.165, 1.54) is 13.0 Å². The number of hydrogen-bond acceptors (Lipinski definition) is 7. The highest BCUT2D eigenvalue weighted by atomic mass is 16.6. The minimum Gasteiger partial charge on any atom is -0.455 e. The molecular weight excluding hydrogens is 484 g/mol. The molecule has 0 heterocycles. The summed E-state index contributed by atoms with van der Waals surface area (Å²) in [6, 6.07) is 0. The normalized spacial score (nSPS) is 39.3. The Kier molecular flexibility index (Phi) is 7.49. The van der Waals surface area contributed by atoms with Gasteiger partial charge in [0.15, 0.2) is 11.4 Å². The SMILES string of the molecule is CC/C=C/C=C/C=C\C(=O)O[C@@H]1[C@@H](C)[C@]2(O)[C@@H]3C=C(C)C(=O)[C@H]3CC(CO)=C[C@H]2[C@@H]2C(C)(C)[C@]12OC(C)=O. The van der Waals surface area contributed by atoms with Crippen LogP contribution >= 0.6 is 0 Å². The molecule has 2 N–H and O–H groups in total. The van der Waals surface area contributed by atoms with E-state index in [1.54, 1.807) is 26.0 Å². The Balaban J connectivity index is 1.78. The maximum atomic E-state index is 13.1. The van der Waals surface area contributed by atoms with Crippen LogP contribution in [-0.4, -0.2) is 51.8 Å². The lowest BCUT2D eigenvalue weighted by molar-refractivity contribution is -0.217. The number of aliphatic hydroxyl groups is 2. The third-order valence-electron chi connectivity index (χ3n) is 9.38. The van der Waals surface area contributed by atoms with Crippen LogP contribution in [0.1, 0.15) is 54.4 Å². The maximum absolute atomic E-state index is 13.1. The van der Waals surface area contributed by atoms with Crippen LogP contribution < -0.4 is 0 Å². The molecular formula is C31H40O7. The second-order valence-corrected chi connectivity index (χ2v) is 11.8. The van der Waals surface area contributed by atoms with E-state index in [9.17, 15) is 24.6 Å². The number of fused-ring (bicyclic) bond motifs is 5. The summed E-state index contributed by atoms with van der Waals surface area (Å²) in [7, 11) is 0. The number of ether oxygens (including phenoxy) is 2. The summed E-state index contributed by atoms with van der Waals surface area (Å²) in [5.74, 6) is -3.75. The molecule has 8 atom stereocenters. The predicted molar refractivity (Wildman–Crippen MR) is 142 cm³/mol. The molecule has 0 amide bonds. The number of carbonyl (C=O) groups excluding carboxylic acids is 3. The number of aliphatic hydroxyl groups excluding tert-OH is 1. The third kappa shape index (κ3) is 4.15. The first-order valence-corrected chi connectivity index (χ1v) is 13.5. The van der Waals surface area contributed by atoms with Crippen molar-refractivity contribution in [3.63, 3.8) is 0 Å². The van der Waals surface area contributed by atoms with Gasteiger partial charge in [0.1, 0.15) is 6.10 Å². The molecule has 0 aliphatic heterocycles. The summed E-state index contributed by atoms with van der Waals surface area (Å²) in [4.78, 5) is 38.5. The molecule has 0 aromatic rings. The number of carbonyl (C=O) groups is 3. The van der Waals surface area contributed by atoms with Crippen molar-refractivity contribution in [2.75, 3.05) is 6.61 Å². The number of ketones is 1. The van der Waals surface area contributed by atoms with E-state index in [-0.39, 0.29) is 18.3 Å². The smallest absolute Gasteiger partial charge is 0.331 e. The maximum Gasteiger partial charge on any atom is 0.331 e. The van der Waals surface area contributed by atoms with Gasteiger partial charge in [-0.25, -0.2) is 4.79 Å². The third-order valence-corrected chi connectivity index (χ3v) is 9.38. The average molecular weight is 525 g/mol. The number of hydrogen-bond donors (Lipinski definition) is 2. The van der Waals surface area contributed by atoms with Crippen molar-refractivity contribution in [1.29, 1.82) is 0 Å². The van der Waals surface area contributed by atoms with Crippen LogP contribution in [-0.2, 0) is 23.9 Å². The number of esters is 2. The van der Waals surface area contributed by atoms with Gasteiger partial charge in [-0.2, -0.15) is 0 Å². The molecule has 206 valence electrons. The fourth-order valence-corrected chi connectivity index (χ4v) is 7.64. The summed E-state index contributed by atoms with van der Waals surface area (Å²) < 4.78 is 12.1. The lowest BCUT2D eigenvalue weighted by Crippen LogP contribution is -2.63. The molecule has 0 unspecified atom stereocenters. The van der Waals surface area contributed by atoms with Crippen LogP contribution in [0.5, 0.6) is 0 Å². The van der Waals surface area contributed by atoms with Crippen molar-refractivity contribution in [3.05, 3.63) is 59.8 Å². The first-order chi connectivity index (χ1) is 17.9. The van der Waals surface area contributed by atoms with Gasteiger partial charge in [-0.15, -0.1) is 0 Å². The van der Waals surface area contributed by atoms with Gasteiger partial charge in [0.05, 0.1) is 12.2 Å². The number of Topliss-reactive ketones (excluding diaryl/α,β-unsaturated/α-hetero) is 1. The topological polar surface area (TPSA) is 110 Å². The standard InChI is InChI=1S/C31H40O7/c1-7-8-9-10-11-12-13-25(34)37-28-19(3)30(36)23-14-18(2)26(35)22(23)15-21(17-32)16-24(30)27-29(5,6)31(27,28)38-20(4)33/h8-14,16,19,22-24,27-28,32,36H,7,15,17H2,1-6H3/b9-8+,11-10+,13-12-/t19-,22+,23-,24+,27-,28-,30+,31-/m1/s1. The van der Waals surface area contributed by atoms with Crippen LogP contribution in [0.25, 0.3) is 0 Å². The zero-order chi connectivity index (χ0) is 28.0. The van der Waals surface area contributed by atoms with Crippen molar-refractivity contribution in [1.82, 2.24) is 0 Å². The molecule has 0 saturated heterocycles. The van der Waals surface area contributed by atoms with Crippen molar-refractivity contribution >= 4 is 17.7 Å². The van der Waals surface area contributed by atoms with Crippen molar-refractivity contribution in [2.45, 2.75) is 71.7 Å². The Morgan fingerprint density at radius 2 is 1.82 bits per heavy atom. The molecule has 0 spiro atoms. The van der Waals surface area contributed by atoms with Crippen LogP contribution in [0.4, 0.5) is 0 Å². The zero-order valence-electron chi connectivity index (χ0n) is 23.1. The molecule has 0 radical (unpaired) electrons. The van der Waals surface area contributed by atoms with Gasteiger partial charge in [-0.1, -0.05) is 70.2 Å². The predicted octanol–water partition coefficient (Wildman–Crippen LogP) is 4.02. The van der Waals surface area contributed by atoms with Crippen molar-refractivity contribution in [2.24, 2.45) is 35.0 Å². The molecule has 2 saturated carbocycles. The van der Waals surface area contributed by atoms with Gasteiger partial charge in [0, 0.05) is 48.0 Å². The monoisotopic (exact) mass is 524 g/mol. The van der Waals surface area contributed by atoms with E-state index in [1.807, 2.05) is 51.2 Å². The fraction of sp³-hybridized carbons (Fsp3) is 0.581. The molecule has 7 nitrogen and oxygen atoms in total. The molecule has 4 aliphatic carbocycles. The molecule has 7 heteroatoms. The lowest BCUT2D eigenvalue weighted by Gasteiger charge is -2.52. The highest BCUT2D eigenvalue weighted by Crippen LogP contribution is 2.76. The molecule has 0 bridgehead atoms. The summed E-state index contributed by atoms with van der Waals surface area (Å²) in [6.07, 6.45) is 14.3. The summed E-state index contributed by atoms with van der Waals surface area (Å²) >= 11 is 0. The van der Waals surface area contributed by atoms with E-state index >= 15 is 0 Å². The van der Waals surface area contributed by atoms with E-state index in [2.05, 4.69) is 0 Å². The highest BCUT2D eigenvalue weighted by molar-refractivity contribution is 6.00. The summed E-state index contributed by atoms with van der Waals surface area (Å²) in [5, 5.41) is 22.8. The quantitative estimate of drug-likeness (QED) is 0.224. The largest absolute Gasteiger partial charge is 0.455 e. The Morgan fingerprint density at radius 1 is 1.13 bits per heavy atom. The fourth-order valence-electron chi connectivity index (χ4n) is 7.64. The van der Waals surface area contributed by atoms with Gasteiger partial charge < -0.3 is 19.7 Å². The van der Waals surface area contributed by atoms with E-state index in [4.69, 9.17) is 9.47 Å². The number of rotatable bonds is 7. The Labute approximate surface area is 225 Å². The second kappa shape index (κ2) is 10.1. The van der Waals surface area contributed by atoms with E-state index < -0.39 is 58.3 Å². The zero-order valence-corrected chi connectivity index (χ0v) is 23.1. The van der Waals surface area contributed by atoms with Crippen LogP contribution in [0, 0.1) is 35.0 Å². The van der Waals surface area contributed by atoms with Gasteiger partial charge in [-0.05, 0) is 30.9 Å². The molecule has 4 rings (SSSR count). The molecule has 2 fully saturated rings. The highest BCUT2D eigenvalue weighted by Gasteiger charge is 2.87. The Morgan fingerprint density at radius 3 is 2.45 bits per heavy atom. The molecule has 4 aliphatic rings. The average Bonchev–Trinajstić information content (AvgIpc) is 3.24. The number of allylic oxidation sites excluding steroid dienone is 6. The minimum absolute atomic E-state index is 0.0390. The Bertz CT molecular complexity index is 1150. The van der Waals surface area contributed by atoms with Gasteiger partial charge in [0.2, 0.25) is 0 Å². The first kappa shape index (κ1) is 28.2. The minimum atomic E-state index is -1.46. The van der Waals surface area contributed by atoms with Crippen LogP contribution in [0.2, 0.25) is 0 Å². The molecule has 0 aromatic heterocycles. The summed E-state index contributed by atoms with van der Waals surface area (Å²) in [6.45, 7) is 10.6. The summed E-state index contributed by atoms with van der Waals surface area (Å²) in [5.41, 5.74) is -1.98. The van der Waals surface area contributed by atoms with Crippen LogP contribution in [0.3, 0.4) is 0 Å². The van der Waals surface area contributed by atoms with E-state index in [0.29, 0.717) is 17.6 Å². The Hall–Kier alpha value is -2.77. The molecule has 38 heavy (non-hydrogen) atoms. The van der Waals surface area contributed by atoms with Crippen molar-refractivity contribution < 1.29 is 34.1 Å². The first-order valence-electron chi connectivity index (χ1n) is 13.5. The molecule has 0 aromatic carbocycles. The van der Waals surface area contributed by atoms with Crippen molar-refractivity contribution in [3.8, 4) is 0 Å². The second-order valence-electron chi connectivity index (χ2n) is 11.8. The van der Waals surface area contributed by atoms with Gasteiger partial charge in [-0.3, -0.25) is 9.59 Å². The van der Waals surface area contributed by atoms with Crippen LogP contribution in [0.15, 0.2) is 59.8 Å². The van der Waals surface area contributed by atoms with Gasteiger partial charge >= 0.3 is 11.9 Å². The van der Waals surface area contributed by atoms with E-state index in [0.717, 1.165) is 6.42 Å².